The van der Waals surface area contributed by atoms with Gasteiger partial charge in [-0.15, -0.1) is 11.3 Å². The molecule has 4 nitrogen and oxygen atoms in total. The molecule has 106 valence electrons. The predicted octanol–water partition coefficient (Wildman–Crippen LogP) is 4.27. The molecule has 3 heterocycles. The van der Waals surface area contributed by atoms with E-state index in [9.17, 15) is 0 Å². The standard InChI is InChI=1S/C15H12BrN3OS/c16-12-7-21-15-13(12)14(17-8-18-15)19-11-2-1-9-3-4-20-6-10(9)5-11/h1-2,5,7-8H,3-4,6H2,(H,17,18,19). The minimum atomic E-state index is 0.687. The zero-order chi connectivity index (χ0) is 14.2. The minimum Gasteiger partial charge on any atom is -0.376 e. The maximum Gasteiger partial charge on any atom is 0.143 e. The molecule has 3 aromatic rings. The molecular formula is C15H12BrN3OS. The molecule has 0 unspecified atom stereocenters. The fourth-order valence-electron chi connectivity index (χ4n) is 2.52. The van der Waals surface area contributed by atoms with E-state index in [0.29, 0.717) is 6.61 Å². The van der Waals surface area contributed by atoms with Crippen LogP contribution < -0.4 is 5.32 Å². The highest BCUT2D eigenvalue weighted by Crippen LogP contribution is 2.34. The zero-order valence-corrected chi connectivity index (χ0v) is 13.5. The molecule has 0 radical (unpaired) electrons. The van der Waals surface area contributed by atoms with Crippen LogP contribution in [0.3, 0.4) is 0 Å². The van der Waals surface area contributed by atoms with Crippen molar-refractivity contribution in [1.29, 1.82) is 0 Å². The fraction of sp³-hybridized carbons (Fsp3) is 0.200. The van der Waals surface area contributed by atoms with Gasteiger partial charge in [0.2, 0.25) is 0 Å². The van der Waals surface area contributed by atoms with Crippen LogP contribution >= 0.6 is 27.3 Å². The average molecular weight is 362 g/mol. The molecule has 1 aromatic carbocycles. The number of aromatic nitrogens is 2. The summed E-state index contributed by atoms with van der Waals surface area (Å²) in [5.74, 6) is 0.824. The fourth-order valence-corrected chi connectivity index (χ4v) is 4.07. The number of rotatable bonds is 2. The highest BCUT2D eigenvalue weighted by atomic mass is 79.9. The van der Waals surface area contributed by atoms with Gasteiger partial charge in [-0.25, -0.2) is 9.97 Å². The monoisotopic (exact) mass is 361 g/mol. The predicted molar refractivity (Wildman–Crippen MR) is 88.2 cm³/mol. The maximum absolute atomic E-state index is 5.52. The van der Waals surface area contributed by atoms with Crippen molar-refractivity contribution >= 4 is 49.0 Å². The van der Waals surface area contributed by atoms with Gasteiger partial charge in [0, 0.05) is 15.5 Å². The molecule has 0 fully saturated rings. The topological polar surface area (TPSA) is 47.0 Å². The molecule has 1 aliphatic rings. The van der Waals surface area contributed by atoms with E-state index < -0.39 is 0 Å². The van der Waals surface area contributed by atoms with Crippen LogP contribution in [0, 0.1) is 0 Å². The van der Waals surface area contributed by atoms with Gasteiger partial charge in [-0.2, -0.15) is 0 Å². The molecule has 0 spiro atoms. The van der Waals surface area contributed by atoms with Crippen molar-refractivity contribution in [2.75, 3.05) is 11.9 Å². The second kappa shape index (κ2) is 5.36. The van der Waals surface area contributed by atoms with Crippen LogP contribution in [0.15, 0.2) is 34.4 Å². The molecule has 1 N–H and O–H groups in total. The Morgan fingerprint density at radius 3 is 3.14 bits per heavy atom. The van der Waals surface area contributed by atoms with Crippen LogP contribution in [0.25, 0.3) is 10.2 Å². The summed E-state index contributed by atoms with van der Waals surface area (Å²) in [5.41, 5.74) is 3.65. The summed E-state index contributed by atoms with van der Waals surface area (Å²) in [6.45, 7) is 1.50. The Kier molecular flexibility index (Phi) is 3.37. The van der Waals surface area contributed by atoms with Crippen LogP contribution in [0.4, 0.5) is 11.5 Å². The molecule has 0 amide bonds. The molecule has 0 saturated carbocycles. The highest BCUT2D eigenvalue weighted by Gasteiger charge is 2.12. The lowest BCUT2D eigenvalue weighted by atomic mass is 10.0. The lowest BCUT2D eigenvalue weighted by Gasteiger charge is -2.17. The largest absolute Gasteiger partial charge is 0.376 e. The summed E-state index contributed by atoms with van der Waals surface area (Å²) in [4.78, 5) is 9.64. The number of hydrogen-bond acceptors (Lipinski definition) is 5. The van der Waals surface area contributed by atoms with Crippen molar-refractivity contribution in [3.63, 3.8) is 0 Å². The maximum atomic E-state index is 5.52. The molecule has 1 aliphatic heterocycles. The van der Waals surface area contributed by atoms with E-state index in [1.54, 1.807) is 17.7 Å². The summed E-state index contributed by atoms with van der Waals surface area (Å²) in [6.07, 6.45) is 2.58. The first-order chi connectivity index (χ1) is 10.3. The quantitative estimate of drug-likeness (QED) is 0.740. The average Bonchev–Trinajstić information content (AvgIpc) is 2.90. The molecule has 0 atom stereocenters. The van der Waals surface area contributed by atoms with E-state index in [4.69, 9.17) is 4.74 Å². The number of nitrogens with one attached hydrogen (secondary N) is 1. The Hall–Kier alpha value is -1.50. The second-order valence-electron chi connectivity index (χ2n) is 4.90. The number of anilines is 2. The van der Waals surface area contributed by atoms with Gasteiger partial charge in [0.15, 0.2) is 0 Å². The number of benzene rings is 1. The molecule has 0 saturated heterocycles. The van der Waals surface area contributed by atoms with Crippen LogP contribution in [0.1, 0.15) is 11.1 Å². The number of hydrogen-bond donors (Lipinski definition) is 1. The normalized spacial score (nSPS) is 14.1. The van der Waals surface area contributed by atoms with E-state index in [1.807, 2.05) is 5.38 Å². The Morgan fingerprint density at radius 1 is 1.24 bits per heavy atom. The number of halogens is 1. The Labute approximate surface area is 134 Å². The molecule has 0 aliphatic carbocycles. The molecule has 4 rings (SSSR count). The first-order valence-electron chi connectivity index (χ1n) is 6.65. The number of fused-ring (bicyclic) bond motifs is 2. The van der Waals surface area contributed by atoms with Gasteiger partial charge < -0.3 is 10.1 Å². The second-order valence-corrected chi connectivity index (χ2v) is 6.61. The van der Waals surface area contributed by atoms with E-state index in [-0.39, 0.29) is 0 Å². The zero-order valence-electron chi connectivity index (χ0n) is 11.1. The summed E-state index contributed by atoms with van der Waals surface area (Å²) in [5, 5.41) is 6.45. The smallest absolute Gasteiger partial charge is 0.143 e. The van der Waals surface area contributed by atoms with Crippen molar-refractivity contribution in [3.05, 3.63) is 45.5 Å². The van der Waals surface area contributed by atoms with Crippen molar-refractivity contribution in [1.82, 2.24) is 9.97 Å². The van der Waals surface area contributed by atoms with Crippen LogP contribution in [-0.2, 0) is 17.8 Å². The molecular weight excluding hydrogens is 350 g/mol. The summed E-state index contributed by atoms with van der Waals surface area (Å²) in [7, 11) is 0. The van der Waals surface area contributed by atoms with E-state index >= 15 is 0 Å². The van der Waals surface area contributed by atoms with Crippen molar-refractivity contribution in [2.45, 2.75) is 13.0 Å². The molecule has 21 heavy (non-hydrogen) atoms. The number of thiophene rings is 1. The van der Waals surface area contributed by atoms with Gasteiger partial charge in [0.1, 0.15) is 17.0 Å². The first kappa shape index (κ1) is 13.2. The van der Waals surface area contributed by atoms with Crippen molar-refractivity contribution in [3.8, 4) is 0 Å². The summed E-state index contributed by atoms with van der Waals surface area (Å²) >= 11 is 5.17. The van der Waals surface area contributed by atoms with Crippen LogP contribution in [-0.4, -0.2) is 16.6 Å². The Balaban J connectivity index is 1.73. The first-order valence-corrected chi connectivity index (χ1v) is 8.33. The Morgan fingerprint density at radius 2 is 2.19 bits per heavy atom. The van der Waals surface area contributed by atoms with Crippen LogP contribution in [0.2, 0.25) is 0 Å². The van der Waals surface area contributed by atoms with E-state index in [0.717, 1.165) is 39.2 Å². The van der Waals surface area contributed by atoms with Gasteiger partial charge in [-0.3, -0.25) is 0 Å². The minimum absolute atomic E-state index is 0.687. The van der Waals surface area contributed by atoms with Gasteiger partial charge in [-0.05, 0) is 45.6 Å². The Bertz CT molecular complexity index is 818. The lowest BCUT2D eigenvalue weighted by Crippen LogP contribution is -2.10. The van der Waals surface area contributed by atoms with Gasteiger partial charge in [0.05, 0.1) is 18.6 Å². The molecule has 2 aromatic heterocycles. The number of nitrogens with zero attached hydrogens (tertiary/aromatic N) is 2. The SMILES string of the molecule is Brc1csc2ncnc(Nc3ccc4c(c3)COCC4)c12. The van der Waals surface area contributed by atoms with Gasteiger partial charge in [0.25, 0.3) is 0 Å². The van der Waals surface area contributed by atoms with E-state index in [1.165, 1.54) is 11.1 Å². The summed E-state index contributed by atoms with van der Waals surface area (Å²) < 4.78 is 6.54. The lowest BCUT2D eigenvalue weighted by molar-refractivity contribution is 0.111. The summed E-state index contributed by atoms with van der Waals surface area (Å²) in [6, 6.07) is 6.41. The van der Waals surface area contributed by atoms with Gasteiger partial charge >= 0.3 is 0 Å². The number of ether oxygens (including phenoxy) is 1. The third-order valence-corrected chi connectivity index (χ3v) is 5.38. The van der Waals surface area contributed by atoms with Crippen LogP contribution in [0.5, 0.6) is 0 Å². The third kappa shape index (κ3) is 2.43. The van der Waals surface area contributed by atoms with Crippen molar-refractivity contribution in [2.24, 2.45) is 0 Å². The van der Waals surface area contributed by atoms with Gasteiger partial charge in [-0.1, -0.05) is 6.07 Å². The highest BCUT2D eigenvalue weighted by molar-refractivity contribution is 9.10. The van der Waals surface area contributed by atoms with Crippen molar-refractivity contribution < 1.29 is 4.74 Å². The molecule has 0 bridgehead atoms. The molecule has 6 heteroatoms. The van der Waals surface area contributed by atoms with E-state index in [2.05, 4.69) is 49.4 Å². The third-order valence-electron chi connectivity index (χ3n) is 3.57.